The van der Waals surface area contributed by atoms with Crippen LogP contribution in [0.3, 0.4) is 0 Å². The molecule has 88 valence electrons. The summed E-state index contributed by atoms with van der Waals surface area (Å²) in [6.45, 7) is 0.0678. The fourth-order valence-electron chi connectivity index (χ4n) is 1.41. The maximum Gasteiger partial charge on any atom is 0.318 e. The normalized spacial score (nSPS) is 12.5. The minimum atomic E-state index is -0.930. The van der Waals surface area contributed by atoms with Crippen LogP contribution < -0.4 is 5.73 Å². The van der Waals surface area contributed by atoms with Gasteiger partial charge in [-0.1, -0.05) is 30.0 Å². The van der Waals surface area contributed by atoms with E-state index in [1.807, 2.05) is 24.3 Å². The predicted octanol–water partition coefficient (Wildman–Crippen LogP) is 1.13. The highest BCUT2D eigenvalue weighted by Crippen LogP contribution is 2.27. The zero-order valence-corrected chi connectivity index (χ0v) is 9.72. The average Bonchev–Trinajstić information content (AvgIpc) is 2.35. The molecule has 1 unspecified atom stereocenters. The van der Waals surface area contributed by atoms with E-state index in [0.29, 0.717) is 5.03 Å². The Morgan fingerprint density at radius 1 is 1.41 bits per heavy atom. The molecular formula is C11H11N3O2S. The van der Waals surface area contributed by atoms with Gasteiger partial charge >= 0.3 is 5.97 Å². The fraction of sp³-hybridized carbons (Fsp3) is 0.182. The summed E-state index contributed by atoms with van der Waals surface area (Å²) < 4.78 is 0. The lowest BCUT2D eigenvalue weighted by Gasteiger charge is -2.09. The number of aromatic nitrogens is 2. The minimum Gasteiger partial charge on any atom is -0.480 e. The molecule has 1 aromatic carbocycles. The van der Waals surface area contributed by atoms with Crippen molar-refractivity contribution in [3.05, 3.63) is 30.6 Å². The Hall–Kier alpha value is -1.66. The second-order valence-corrected chi connectivity index (χ2v) is 4.57. The monoisotopic (exact) mass is 249 g/mol. The minimum absolute atomic E-state index is 0.0678. The second-order valence-electron chi connectivity index (χ2n) is 3.38. The molecule has 1 atom stereocenters. The molecule has 0 saturated carbocycles. The number of fused-ring (bicyclic) bond motifs is 1. The molecule has 0 spiro atoms. The third-order valence-electron chi connectivity index (χ3n) is 2.25. The van der Waals surface area contributed by atoms with Crippen molar-refractivity contribution in [1.82, 2.24) is 9.97 Å². The molecule has 0 fully saturated rings. The highest BCUT2D eigenvalue weighted by molar-refractivity contribution is 8.00. The number of nitrogens with two attached hydrogens (primary N) is 1. The molecular weight excluding hydrogens is 238 g/mol. The van der Waals surface area contributed by atoms with E-state index in [2.05, 4.69) is 9.97 Å². The molecule has 1 heterocycles. The van der Waals surface area contributed by atoms with Crippen LogP contribution in [0.25, 0.3) is 10.9 Å². The highest BCUT2D eigenvalue weighted by Gasteiger charge is 2.18. The summed E-state index contributed by atoms with van der Waals surface area (Å²) in [5.41, 5.74) is 6.22. The van der Waals surface area contributed by atoms with Crippen molar-refractivity contribution in [3.8, 4) is 0 Å². The second kappa shape index (κ2) is 5.11. The van der Waals surface area contributed by atoms with Gasteiger partial charge in [0, 0.05) is 11.9 Å². The van der Waals surface area contributed by atoms with E-state index in [4.69, 9.17) is 10.8 Å². The molecule has 0 bridgehead atoms. The predicted molar refractivity (Wildman–Crippen MR) is 65.9 cm³/mol. The third kappa shape index (κ3) is 2.54. The zero-order chi connectivity index (χ0) is 12.3. The van der Waals surface area contributed by atoms with Gasteiger partial charge < -0.3 is 10.8 Å². The molecule has 0 aliphatic carbocycles. The third-order valence-corrected chi connectivity index (χ3v) is 3.48. The quantitative estimate of drug-likeness (QED) is 0.623. The summed E-state index contributed by atoms with van der Waals surface area (Å²) in [7, 11) is 0. The number of aliphatic carboxylic acids is 1. The molecule has 0 saturated heterocycles. The number of para-hydroxylation sites is 1. The summed E-state index contributed by atoms with van der Waals surface area (Å²) >= 11 is 1.15. The van der Waals surface area contributed by atoms with Crippen molar-refractivity contribution < 1.29 is 9.90 Å². The Bertz CT molecular complexity index is 542. The van der Waals surface area contributed by atoms with Gasteiger partial charge in [0.05, 0.1) is 5.52 Å². The van der Waals surface area contributed by atoms with Crippen LogP contribution in [0.15, 0.2) is 35.6 Å². The van der Waals surface area contributed by atoms with Gasteiger partial charge in [0.1, 0.15) is 16.6 Å². The number of carbonyl (C=O) groups is 1. The Kier molecular flexibility index (Phi) is 3.55. The van der Waals surface area contributed by atoms with E-state index in [-0.39, 0.29) is 6.54 Å². The van der Waals surface area contributed by atoms with Gasteiger partial charge in [-0.2, -0.15) is 0 Å². The molecule has 0 aliphatic rings. The van der Waals surface area contributed by atoms with Crippen LogP contribution in [0.2, 0.25) is 0 Å². The first-order valence-corrected chi connectivity index (χ1v) is 5.89. The SMILES string of the molecule is NCC(Sc1ncnc2ccccc12)C(=O)O. The number of benzene rings is 1. The van der Waals surface area contributed by atoms with Crippen molar-refractivity contribution >= 4 is 28.6 Å². The molecule has 6 heteroatoms. The molecule has 1 aromatic heterocycles. The van der Waals surface area contributed by atoms with Gasteiger partial charge in [-0.3, -0.25) is 4.79 Å². The molecule has 0 radical (unpaired) electrons. The van der Waals surface area contributed by atoms with Crippen molar-refractivity contribution in [2.24, 2.45) is 5.73 Å². The number of thioether (sulfide) groups is 1. The van der Waals surface area contributed by atoms with Crippen molar-refractivity contribution in [2.45, 2.75) is 10.3 Å². The van der Waals surface area contributed by atoms with Gasteiger partial charge in [-0.15, -0.1) is 0 Å². The number of rotatable bonds is 4. The van der Waals surface area contributed by atoms with Crippen LogP contribution in [0.5, 0.6) is 0 Å². The van der Waals surface area contributed by atoms with E-state index in [0.717, 1.165) is 22.7 Å². The van der Waals surface area contributed by atoms with Crippen LogP contribution >= 0.6 is 11.8 Å². The van der Waals surface area contributed by atoms with E-state index in [9.17, 15) is 4.79 Å². The Morgan fingerprint density at radius 2 is 2.18 bits per heavy atom. The largest absolute Gasteiger partial charge is 0.480 e. The first kappa shape index (κ1) is 11.8. The number of nitrogens with zero attached hydrogens (tertiary/aromatic N) is 2. The first-order valence-electron chi connectivity index (χ1n) is 5.01. The smallest absolute Gasteiger partial charge is 0.318 e. The number of carboxylic acid groups (broad SMARTS) is 1. The van der Waals surface area contributed by atoms with Gasteiger partial charge in [-0.05, 0) is 6.07 Å². The van der Waals surface area contributed by atoms with Gasteiger partial charge in [0.2, 0.25) is 0 Å². The summed E-state index contributed by atoms with van der Waals surface area (Å²) in [6.07, 6.45) is 1.43. The van der Waals surface area contributed by atoms with E-state index in [1.54, 1.807) is 0 Å². The van der Waals surface area contributed by atoms with Crippen LogP contribution in [0.1, 0.15) is 0 Å². The van der Waals surface area contributed by atoms with Crippen LogP contribution in [-0.4, -0.2) is 32.8 Å². The maximum atomic E-state index is 10.9. The standard InChI is InChI=1S/C11H11N3O2S/c12-5-9(11(15)16)17-10-7-3-1-2-4-8(7)13-6-14-10/h1-4,6,9H,5,12H2,(H,15,16). The van der Waals surface area contributed by atoms with Crippen LogP contribution in [-0.2, 0) is 4.79 Å². The topological polar surface area (TPSA) is 89.1 Å². The van der Waals surface area contributed by atoms with E-state index in [1.165, 1.54) is 6.33 Å². The lowest BCUT2D eigenvalue weighted by molar-refractivity contribution is -0.136. The van der Waals surface area contributed by atoms with E-state index < -0.39 is 11.2 Å². The summed E-state index contributed by atoms with van der Waals surface area (Å²) in [4.78, 5) is 19.2. The highest BCUT2D eigenvalue weighted by atomic mass is 32.2. The first-order chi connectivity index (χ1) is 8.22. The van der Waals surface area contributed by atoms with Crippen molar-refractivity contribution in [2.75, 3.05) is 6.54 Å². The molecule has 0 aliphatic heterocycles. The Morgan fingerprint density at radius 3 is 2.88 bits per heavy atom. The molecule has 2 rings (SSSR count). The molecule has 3 N–H and O–H groups in total. The Labute approximate surface area is 102 Å². The molecule has 17 heavy (non-hydrogen) atoms. The molecule has 0 amide bonds. The molecule has 5 nitrogen and oxygen atoms in total. The zero-order valence-electron chi connectivity index (χ0n) is 8.91. The summed E-state index contributed by atoms with van der Waals surface area (Å²) in [5, 5.41) is 9.77. The summed E-state index contributed by atoms with van der Waals surface area (Å²) in [6, 6.07) is 7.47. The fourth-order valence-corrected chi connectivity index (χ4v) is 2.28. The van der Waals surface area contributed by atoms with Crippen molar-refractivity contribution in [1.29, 1.82) is 0 Å². The van der Waals surface area contributed by atoms with Crippen molar-refractivity contribution in [3.63, 3.8) is 0 Å². The van der Waals surface area contributed by atoms with Crippen LogP contribution in [0, 0.1) is 0 Å². The lowest BCUT2D eigenvalue weighted by Crippen LogP contribution is -2.26. The molecule has 2 aromatic rings. The average molecular weight is 249 g/mol. The van der Waals surface area contributed by atoms with Gasteiger partial charge in [0.25, 0.3) is 0 Å². The Balaban J connectivity index is 2.38. The van der Waals surface area contributed by atoms with Gasteiger partial charge in [0.15, 0.2) is 0 Å². The maximum absolute atomic E-state index is 10.9. The van der Waals surface area contributed by atoms with Gasteiger partial charge in [-0.25, -0.2) is 9.97 Å². The lowest BCUT2D eigenvalue weighted by atomic mass is 10.2. The summed E-state index contributed by atoms with van der Waals surface area (Å²) in [5.74, 6) is -0.930. The van der Waals surface area contributed by atoms with Crippen LogP contribution in [0.4, 0.5) is 0 Å². The number of carboxylic acids is 1. The number of hydrogen-bond acceptors (Lipinski definition) is 5. The van der Waals surface area contributed by atoms with E-state index >= 15 is 0 Å². The number of hydrogen-bond donors (Lipinski definition) is 2.